The van der Waals surface area contributed by atoms with Crippen LogP contribution in [0.3, 0.4) is 0 Å². The molecule has 0 saturated carbocycles. The molecule has 0 amide bonds. The number of nitrogens with zero attached hydrogens (tertiary/aromatic N) is 4. The number of aromatic nitrogens is 4. The third-order valence-corrected chi connectivity index (χ3v) is 2.01. The van der Waals surface area contributed by atoms with Crippen LogP contribution in [-0.2, 0) is 6.18 Å². The maximum Gasteiger partial charge on any atom is 0.433 e. The van der Waals surface area contributed by atoms with Gasteiger partial charge in [0.1, 0.15) is 12.0 Å². The van der Waals surface area contributed by atoms with Crippen LogP contribution in [0.5, 0.6) is 0 Å². The molecular weight excluding hydrogens is 257 g/mol. The average molecular weight is 261 g/mol. The molecule has 4 nitrogen and oxygen atoms in total. The lowest BCUT2D eigenvalue weighted by Crippen LogP contribution is -2.09. The van der Waals surface area contributed by atoms with Crippen molar-refractivity contribution in [3.8, 4) is 11.3 Å². The molecule has 0 unspecified atom stereocenters. The van der Waals surface area contributed by atoms with Crippen molar-refractivity contribution in [3.63, 3.8) is 0 Å². The Hall–Kier alpha value is -1.76. The fraction of sp³-hybridized carbons (Fsp3) is 0.111. The Bertz CT molecular complexity index is 530. The monoisotopic (exact) mass is 260 g/mol. The SMILES string of the molecule is FC(F)(F)c1cc(-c2cncnc2)nc(Cl)n1. The summed E-state index contributed by atoms with van der Waals surface area (Å²) in [5.74, 6) is 0. The van der Waals surface area contributed by atoms with Gasteiger partial charge in [0.25, 0.3) is 0 Å². The predicted octanol–water partition coefficient (Wildman–Crippen LogP) is 2.61. The first-order chi connectivity index (χ1) is 7.97. The molecule has 17 heavy (non-hydrogen) atoms. The molecule has 0 atom stereocenters. The van der Waals surface area contributed by atoms with Gasteiger partial charge < -0.3 is 0 Å². The summed E-state index contributed by atoms with van der Waals surface area (Å²) in [6.07, 6.45) is -0.633. The van der Waals surface area contributed by atoms with Gasteiger partial charge in [-0.15, -0.1) is 0 Å². The zero-order chi connectivity index (χ0) is 12.5. The first kappa shape index (κ1) is 11.7. The largest absolute Gasteiger partial charge is 0.433 e. The second-order valence-electron chi connectivity index (χ2n) is 3.03. The normalized spacial score (nSPS) is 11.5. The highest BCUT2D eigenvalue weighted by molar-refractivity contribution is 6.28. The van der Waals surface area contributed by atoms with E-state index in [1.807, 2.05) is 0 Å². The van der Waals surface area contributed by atoms with Crippen molar-refractivity contribution in [2.45, 2.75) is 6.18 Å². The number of halogens is 4. The maximum absolute atomic E-state index is 12.5. The molecule has 2 rings (SSSR count). The lowest BCUT2D eigenvalue weighted by Gasteiger charge is -2.07. The molecule has 2 heterocycles. The van der Waals surface area contributed by atoms with Crippen molar-refractivity contribution in [1.29, 1.82) is 0 Å². The highest BCUT2D eigenvalue weighted by atomic mass is 35.5. The van der Waals surface area contributed by atoms with Gasteiger partial charge in [-0.05, 0) is 17.7 Å². The molecule has 2 aromatic heterocycles. The summed E-state index contributed by atoms with van der Waals surface area (Å²) < 4.78 is 37.5. The van der Waals surface area contributed by atoms with Crippen LogP contribution in [0, 0.1) is 0 Å². The maximum atomic E-state index is 12.5. The van der Waals surface area contributed by atoms with Gasteiger partial charge in [0.2, 0.25) is 5.28 Å². The van der Waals surface area contributed by atoms with Crippen LogP contribution in [0.4, 0.5) is 13.2 Å². The molecule has 88 valence electrons. The van der Waals surface area contributed by atoms with E-state index in [1.165, 1.54) is 18.7 Å². The summed E-state index contributed by atoms with van der Waals surface area (Å²) in [4.78, 5) is 14.2. The van der Waals surface area contributed by atoms with E-state index in [0.29, 0.717) is 5.56 Å². The van der Waals surface area contributed by atoms with E-state index >= 15 is 0 Å². The van der Waals surface area contributed by atoms with Crippen LogP contribution in [0.1, 0.15) is 5.69 Å². The Labute approximate surface area is 98.5 Å². The quantitative estimate of drug-likeness (QED) is 0.740. The van der Waals surface area contributed by atoms with Crippen molar-refractivity contribution in [2.24, 2.45) is 0 Å². The van der Waals surface area contributed by atoms with Gasteiger partial charge in [-0.2, -0.15) is 13.2 Å². The van der Waals surface area contributed by atoms with Crippen molar-refractivity contribution in [3.05, 3.63) is 35.8 Å². The standard InChI is InChI=1S/C9H4ClF3N4/c10-8-16-6(5-2-14-4-15-3-5)1-7(17-8)9(11,12)13/h1-4H. The molecule has 0 aliphatic carbocycles. The zero-order valence-electron chi connectivity index (χ0n) is 8.11. The summed E-state index contributed by atoms with van der Waals surface area (Å²) >= 11 is 5.44. The molecule has 0 saturated heterocycles. The minimum Gasteiger partial charge on any atom is -0.244 e. The summed E-state index contributed by atoms with van der Waals surface area (Å²) in [5, 5.41) is -0.473. The van der Waals surface area contributed by atoms with Crippen LogP contribution in [0.2, 0.25) is 5.28 Å². The Morgan fingerprint density at radius 2 is 1.71 bits per heavy atom. The molecular formula is C9H4ClF3N4. The Morgan fingerprint density at radius 1 is 1.06 bits per heavy atom. The zero-order valence-corrected chi connectivity index (χ0v) is 8.87. The van der Waals surface area contributed by atoms with Gasteiger partial charge in [0, 0.05) is 18.0 Å². The summed E-state index contributed by atoms with van der Waals surface area (Å²) in [6, 6.07) is 0.796. The van der Waals surface area contributed by atoms with E-state index in [4.69, 9.17) is 11.6 Å². The third-order valence-electron chi connectivity index (χ3n) is 1.85. The first-order valence-electron chi connectivity index (χ1n) is 4.34. The van der Waals surface area contributed by atoms with Crippen molar-refractivity contribution in [1.82, 2.24) is 19.9 Å². The second kappa shape index (κ2) is 4.25. The van der Waals surface area contributed by atoms with Crippen LogP contribution >= 0.6 is 11.6 Å². The lowest BCUT2D eigenvalue weighted by molar-refractivity contribution is -0.141. The Balaban J connectivity index is 2.54. The molecule has 0 N–H and O–H groups in total. The van der Waals surface area contributed by atoms with Crippen LogP contribution in [-0.4, -0.2) is 19.9 Å². The highest BCUT2D eigenvalue weighted by Gasteiger charge is 2.33. The van der Waals surface area contributed by atoms with E-state index in [1.54, 1.807) is 0 Å². The predicted molar refractivity (Wildman–Crippen MR) is 53.1 cm³/mol. The average Bonchev–Trinajstić information content (AvgIpc) is 2.28. The molecule has 0 aliphatic heterocycles. The first-order valence-corrected chi connectivity index (χ1v) is 4.72. The molecule has 2 aromatic rings. The molecule has 0 bridgehead atoms. The van der Waals surface area contributed by atoms with Crippen molar-refractivity contribution < 1.29 is 13.2 Å². The molecule has 0 spiro atoms. The van der Waals surface area contributed by atoms with Gasteiger partial charge in [0.15, 0.2) is 0 Å². The van der Waals surface area contributed by atoms with Gasteiger partial charge in [0.05, 0.1) is 5.69 Å². The second-order valence-corrected chi connectivity index (χ2v) is 3.37. The van der Waals surface area contributed by atoms with E-state index < -0.39 is 17.2 Å². The number of alkyl halides is 3. The van der Waals surface area contributed by atoms with Crippen LogP contribution in [0.15, 0.2) is 24.8 Å². The fourth-order valence-electron chi connectivity index (χ4n) is 1.14. The smallest absolute Gasteiger partial charge is 0.244 e. The van der Waals surface area contributed by atoms with E-state index in [0.717, 1.165) is 6.07 Å². The molecule has 0 fully saturated rings. The minimum atomic E-state index is -4.57. The number of hydrogen-bond acceptors (Lipinski definition) is 4. The van der Waals surface area contributed by atoms with Gasteiger partial charge in [-0.3, -0.25) is 0 Å². The van der Waals surface area contributed by atoms with Crippen molar-refractivity contribution >= 4 is 11.6 Å². The number of rotatable bonds is 1. The molecule has 0 aliphatic rings. The summed E-state index contributed by atoms with van der Waals surface area (Å²) in [5.41, 5.74) is -0.739. The Morgan fingerprint density at radius 3 is 2.29 bits per heavy atom. The third kappa shape index (κ3) is 2.68. The minimum absolute atomic E-state index is 0.0259. The van der Waals surface area contributed by atoms with E-state index in [-0.39, 0.29) is 5.69 Å². The highest BCUT2D eigenvalue weighted by Crippen LogP contribution is 2.30. The van der Waals surface area contributed by atoms with Gasteiger partial charge in [-0.1, -0.05) is 0 Å². The Kier molecular flexibility index (Phi) is 2.93. The van der Waals surface area contributed by atoms with Gasteiger partial charge >= 0.3 is 6.18 Å². The van der Waals surface area contributed by atoms with E-state index in [9.17, 15) is 13.2 Å². The van der Waals surface area contributed by atoms with Crippen LogP contribution < -0.4 is 0 Å². The number of hydrogen-bond donors (Lipinski definition) is 0. The topological polar surface area (TPSA) is 51.6 Å². The van der Waals surface area contributed by atoms with Gasteiger partial charge in [-0.25, -0.2) is 19.9 Å². The lowest BCUT2D eigenvalue weighted by atomic mass is 10.2. The fourth-order valence-corrected chi connectivity index (χ4v) is 1.32. The molecule has 8 heteroatoms. The molecule has 0 aromatic carbocycles. The molecule has 0 radical (unpaired) electrons. The van der Waals surface area contributed by atoms with Crippen LogP contribution in [0.25, 0.3) is 11.3 Å². The summed E-state index contributed by atoms with van der Waals surface area (Å²) in [6.45, 7) is 0. The summed E-state index contributed by atoms with van der Waals surface area (Å²) in [7, 11) is 0. The van der Waals surface area contributed by atoms with E-state index in [2.05, 4.69) is 19.9 Å². The van der Waals surface area contributed by atoms with Crippen molar-refractivity contribution in [2.75, 3.05) is 0 Å².